The molecule has 0 amide bonds. The van der Waals surface area contributed by atoms with Crippen LogP contribution in [0.4, 0.5) is 0 Å². The Morgan fingerprint density at radius 1 is 1.25 bits per heavy atom. The Hall–Kier alpha value is -2.03. The van der Waals surface area contributed by atoms with Crippen LogP contribution in [0.25, 0.3) is 5.69 Å². The lowest BCUT2D eigenvalue weighted by atomic mass is 10.2. The molecular formula is C13H13NO2. The number of nitrogens with zero attached hydrogens (tertiary/aromatic N) is 1. The molecule has 1 aromatic heterocycles. The van der Waals surface area contributed by atoms with Crippen molar-refractivity contribution < 1.29 is 9.90 Å². The first-order valence-electron chi connectivity index (χ1n) is 5.07. The van der Waals surface area contributed by atoms with E-state index in [1.165, 1.54) is 0 Å². The fourth-order valence-corrected chi connectivity index (χ4v) is 1.93. The number of aromatic nitrogens is 1. The van der Waals surface area contributed by atoms with Crippen molar-refractivity contribution in [2.45, 2.75) is 13.8 Å². The zero-order valence-electron chi connectivity index (χ0n) is 9.27. The van der Waals surface area contributed by atoms with Crippen LogP contribution in [0.3, 0.4) is 0 Å². The summed E-state index contributed by atoms with van der Waals surface area (Å²) in [6, 6.07) is 8.90. The lowest BCUT2D eigenvalue weighted by Crippen LogP contribution is -1.99. The van der Waals surface area contributed by atoms with E-state index in [-0.39, 0.29) is 5.75 Å². The maximum Gasteiger partial charge on any atom is 0.151 e. The van der Waals surface area contributed by atoms with Gasteiger partial charge >= 0.3 is 0 Å². The minimum Gasteiger partial charge on any atom is -0.506 e. The topological polar surface area (TPSA) is 42.2 Å². The normalized spacial score (nSPS) is 10.4. The molecule has 0 atom stereocenters. The summed E-state index contributed by atoms with van der Waals surface area (Å²) in [5, 5.41) is 9.79. The van der Waals surface area contributed by atoms with Crippen molar-refractivity contribution in [1.29, 1.82) is 0 Å². The van der Waals surface area contributed by atoms with Gasteiger partial charge in [-0.3, -0.25) is 4.79 Å². The molecular weight excluding hydrogens is 202 g/mol. The van der Waals surface area contributed by atoms with E-state index in [2.05, 4.69) is 0 Å². The zero-order chi connectivity index (χ0) is 11.7. The molecule has 0 radical (unpaired) electrons. The number of phenolic OH excluding ortho intramolecular Hbond substituents is 1. The molecule has 1 heterocycles. The first kappa shape index (κ1) is 10.5. The van der Waals surface area contributed by atoms with Crippen molar-refractivity contribution >= 4 is 6.29 Å². The number of hydrogen-bond donors (Lipinski definition) is 1. The molecule has 0 spiro atoms. The molecule has 0 saturated heterocycles. The number of carbonyl (C=O) groups excluding carboxylic acids is 1. The van der Waals surface area contributed by atoms with Gasteiger partial charge in [0.15, 0.2) is 6.29 Å². The van der Waals surface area contributed by atoms with Crippen LogP contribution in [-0.4, -0.2) is 16.0 Å². The molecule has 16 heavy (non-hydrogen) atoms. The van der Waals surface area contributed by atoms with Gasteiger partial charge in [-0.05, 0) is 32.0 Å². The van der Waals surface area contributed by atoms with E-state index >= 15 is 0 Å². The number of carbonyl (C=O) groups is 1. The highest BCUT2D eigenvalue weighted by molar-refractivity contribution is 5.78. The van der Waals surface area contributed by atoms with Gasteiger partial charge in [0, 0.05) is 17.0 Å². The number of para-hydroxylation sites is 2. The molecule has 3 nitrogen and oxygen atoms in total. The summed E-state index contributed by atoms with van der Waals surface area (Å²) in [4.78, 5) is 10.8. The number of benzene rings is 1. The van der Waals surface area contributed by atoms with Crippen molar-refractivity contribution in [3.8, 4) is 11.4 Å². The number of hydrogen-bond acceptors (Lipinski definition) is 2. The number of aromatic hydroxyl groups is 1. The molecule has 3 heteroatoms. The maximum atomic E-state index is 10.8. The molecule has 0 fully saturated rings. The summed E-state index contributed by atoms with van der Waals surface area (Å²) >= 11 is 0. The Labute approximate surface area is 94.0 Å². The van der Waals surface area contributed by atoms with Crippen molar-refractivity contribution in [3.05, 3.63) is 47.3 Å². The van der Waals surface area contributed by atoms with Gasteiger partial charge in [0.1, 0.15) is 5.75 Å². The second-order valence-corrected chi connectivity index (χ2v) is 3.77. The highest BCUT2D eigenvalue weighted by Crippen LogP contribution is 2.26. The quantitative estimate of drug-likeness (QED) is 0.782. The van der Waals surface area contributed by atoms with Crippen LogP contribution in [0.15, 0.2) is 30.3 Å². The third-order valence-electron chi connectivity index (χ3n) is 2.72. The second kappa shape index (κ2) is 3.85. The van der Waals surface area contributed by atoms with Crippen LogP contribution in [0.5, 0.6) is 5.75 Å². The monoisotopic (exact) mass is 215 g/mol. The van der Waals surface area contributed by atoms with Crippen LogP contribution in [0.1, 0.15) is 21.7 Å². The smallest absolute Gasteiger partial charge is 0.151 e. The Balaban J connectivity index is 2.69. The van der Waals surface area contributed by atoms with Gasteiger partial charge in [0.05, 0.1) is 5.69 Å². The third kappa shape index (κ3) is 1.50. The van der Waals surface area contributed by atoms with E-state index in [4.69, 9.17) is 0 Å². The molecule has 0 bridgehead atoms. The first-order chi connectivity index (χ1) is 7.65. The van der Waals surface area contributed by atoms with Crippen molar-refractivity contribution in [3.63, 3.8) is 0 Å². The van der Waals surface area contributed by atoms with Crippen LogP contribution < -0.4 is 0 Å². The summed E-state index contributed by atoms with van der Waals surface area (Å²) in [5.74, 6) is 0.210. The van der Waals surface area contributed by atoms with Crippen molar-refractivity contribution in [2.24, 2.45) is 0 Å². The van der Waals surface area contributed by atoms with Crippen LogP contribution >= 0.6 is 0 Å². The van der Waals surface area contributed by atoms with Gasteiger partial charge in [-0.25, -0.2) is 0 Å². The Morgan fingerprint density at radius 3 is 2.50 bits per heavy atom. The molecule has 1 N–H and O–H groups in total. The minimum atomic E-state index is 0.210. The predicted molar refractivity (Wildman–Crippen MR) is 62.3 cm³/mol. The van der Waals surface area contributed by atoms with E-state index < -0.39 is 0 Å². The second-order valence-electron chi connectivity index (χ2n) is 3.77. The lowest BCUT2D eigenvalue weighted by Gasteiger charge is -2.10. The fraction of sp³-hybridized carbons (Fsp3) is 0.154. The Morgan fingerprint density at radius 2 is 1.94 bits per heavy atom. The largest absolute Gasteiger partial charge is 0.506 e. The summed E-state index contributed by atoms with van der Waals surface area (Å²) in [5.41, 5.74) is 3.13. The molecule has 0 saturated carbocycles. The van der Waals surface area contributed by atoms with E-state index in [1.807, 2.05) is 36.6 Å². The van der Waals surface area contributed by atoms with Crippen LogP contribution in [-0.2, 0) is 0 Å². The zero-order valence-corrected chi connectivity index (χ0v) is 9.27. The van der Waals surface area contributed by atoms with Gasteiger partial charge < -0.3 is 9.67 Å². The maximum absolute atomic E-state index is 10.8. The molecule has 0 unspecified atom stereocenters. The number of phenols is 1. The van der Waals surface area contributed by atoms with E-state index in [0.717, 1.165) is 17.7 Å². The van der Waals surface area contributed by atoms with Gasteiger partial charge in [0.25, 0.3) is 0 Å². The SMILES string of the molecule is Cc1cc(C=O)c(C)n1-c1ccccc1O. The van der Waals surface area contributed by atoms with Crippen LogP contribution in [0, 0.1) is 13.8 Å². The number of aldehydes is 1. The molecule has 0 aliphatic rings. The van der Waals surface area contributed by atoms with Crippen molar-refractivity contribution in [2.75, 3.05) is 0 Å². The number of rotatable bonds is 2. The minimum absolute atomic E-state index is 0.210. The molecule has 2 rings (SSSR count). The molecule has 2 aromatic rings. The summed E-state index contributed by atoms with van der Waals surface area (Å²) < 4.78 is 1.87. The average molecular weight is 215 g/mol. The molecule has 0 aliphatic heterocycles. The van der Waals surface area contributed by atoms with Gasteiger partial charge in [-0.1, -0.05) is 12.1 Å². The fourth-order valence-electron chi connectivity index (χ4n) is 1.93. The predicted octanol–water partition coefficient (Wildman–Crippen LogP) is 2.61. The summed E-state index contributed by atoms with van der Waals surface area (Å²) in [7, 11) is 0. The van der Waals surface area contributed by atoms with Crippen molar-refractivity contribution in [1.82, 2.24) is 4.57 Å². The van der Waals surface area contributed by atoms with Gasteiger partial charge in [-0.15, -0.1) is 0 Å². The first-order valence-corrected chi connectivity index (χ1v) is 5.07. The average Bonchev–Trinajstić information content (AvgIpc) is 2.55. The lowest BCUT2D eigenvalue weighted by molar-refractivity contribution is 0.112. The van der Waals surface area contributed by atoms with Crippen LogP contribution in [0.2, 0.25) is 0 Å². The highest BCUT2D eigenvalue weighted by atomic mass is 16.3. The summed E-state index contributed by atoms with van der Waals surface area (Å²) in [6.07, 6.45) is 0.832. The van der Waals surface area contributed by atoms with E-state index in [0.29, 0.717) is 11.3 Å². The third-order valence-corrected chi connectivity index (χ3v) is 2.72. The number of aryl methyl sites for hydroxylation is 1. The standard InChI is InChI=1S/C13H13NO2/c1-9-7-11(8-15)10(2)14(9)12-5-3-4-6-13(12)16/h3-8,16H,1-2H3. The van der Waals surface area contributed by atoms with Gasteiger partial charge in [-0.2, -0.15) is 0 Å². The Bertz CT molecular complexity index is 541. The molecule has 1 aromatic carbocycles. The molecule has 0 aliphatic carbocycles. The molecule has 82 valence electrons. The van der Waals surface area contributed by atoms with Gasteiger partial charge in [0.2, 0.25) is 0 Å². The Kier molecular flexibility index (Phi) is 2.52. The highest BCUT2D eigenvalue weighted by Gasteiger charge is 2.11. The van der Waals surface area contributed by atoms with E-state index in [9.17, 15) is 9.90 Å². The summed E-state index contributed by atoms with van der Waals surface area (Å²) in [6.45, 7) is 3.77. The van der Waals surface area contributed by atoms with E-state index in [1.54, 1.807) is 12.1 Å².